The summed E-state index contributed by atoms with van der Waals surface area (Å²) in [4.78, 5) is 24.1. The number of nitrogens with two attached hydrogens (primary N) is 2. The van der Waals surface area contributed by atoms with Crippen LogP contribution in [-0.4, -0.2) is 76.3 Å². The summed E-state index contributed by atoms with van der Waals surface area (Å²) in [5.41, 5.74) is 12.3. The highest BCUT2D eigenvalue weighted by Gasteiger charge is 2.53. The first-order valence-corrected chi connectivity index (χ1v) is 17.8. The van der Waals surface area contributed by atoms with E-state index in [9.17, 15) is 9.13 Å². The van der Waals surface area contributed by atoms with Crippen LogP contribution in [0.3, 0.4) is 0 Å². The molecule has 0 aromatic carbocycles. The molecule has 0 spiro atoms. The highest BCUT2D eigenvalue weighted by molar-refractivity contribution is 8.44. The molecule has 4 aromatic rings. The molecule has 18 nitrogen and oxygen atoms in total. The Morgan fingerprint density at radius 3 is 2.07 bits per heavy atom. The normalized spacial score (nSPS) is 37.3. The third kappa shape index (κ3) is 5.08. The maximum absolute atomic E-state index is 15.9. The number of hydrogen-bond donors (Lipinski definition) is 4. The first kappa shape index (κ1) is 29.6. The Labute approximate surface area is 254 Å². The van der Waals surface area contributed by atoms with Gasteiger partial charge < -0.3 is 25.5 Å². The third-order valence-electron chi connectivity index (χ3n) is 6.90. The molecule has 9 atom stereocenters. The molecule has 7 rings (SSSR count). The van der Waals surface area contributed by atoms with Crippen molar-refractivity contribution < 1.29 is 45.5 Å². The molecule has 0 aliphatic carbocycles. The van der Waals surface area contributed by atoms with Gasteiger partial charge in [0.15, 0.2) is 53.4 Å². The Bertz CT molecular complexity index is 1900. The lowest BCUT2D eigenvalue weighted by Crippen LogP contribution is -2.32. The first-order chi connectivity index (χ1) is 20.9. The van der Waals surface area contributed by atoms with Crippen LogP contribution in [-0.2, 0) is 36.7 Å². The number of nitrogens with zero attached hydrogens (tertiary/aromatic N) is 8. The second-order valence-corrected chi connectivity index (χ2v) is 15.3. The van der Waals surface area contributed by atoms with E-state index < -0.39 is 69.1 Å². The fraction of sp³-hybridized carbons (Fsp3) is 0.400. The zero-order chi connectivity index (χ0) is 31.0. The van der Waals surface area contributed by atoms with Crippen LogP contribution in [0.25, 0.3) is 22.3 Å². The van der Waals surface area contributed by atoms with Gasteiger partial charge in [0, 0.05) is 0 Å². The van der Waals surface area contributed by atoms with Crippen LogP contribution in [0, 0.1) is 0 Å². The van der Waals surface area contributed by atoms with Gasteiger partial charge in [-0.3, -0.25) is 22.7 Å². The van der Waals surface area contributed by atoms with Crippen molar-refractivity contribution in [3.05, 3.63) is 37.3 Å². The monoisotopic (exact) mass is 692 g/mol. The number of nitrogen functional groups attached to an aromatic ring is 2. The van der Waals surface area contributed by atoms with Crippen molar-refractivity contribution in [2.75, 3.05) is 18.1 Å². The van der Waals surface area contributed by atoms with Crippen molar-refractivity contribution in [1.29, 1.82) is 0 Å². The van der Waals surface area contributed by atoms with E-state index in [0.29, 0.717) is 6.26 Å². The number of thiol groups is 2. The zero-order valence-corrected chi connectivity index (χ0v) is 25.3. The van der Waals surface area contributed by atoms with E-state index in [1.54, 1.807) is 0 Å². The maximum atomic E-state index is 15.9. The zero-order valence-electron chi connectivity index (χ0n) is 21.7. The van der Waals surface area contributed by atoms with E-state index in [4.69, 9.17) is 39.0 Å². The Morgan fingerprint density at radius 1 is 0.841 bits per heavy atom. The molecule has 4 aromatic heterocycles. The van der Waals surface area contributed by atoms with Crippen LogP contribution in [0.4, 0.5) is 20.4 Å². The summed E-state index contributed by atoms with van der Waals surface area (Å²) < 4.78 is 94.0. The Balaban J connectivity index is 1.25. The Kier molecular flexibility index (Phi) is 7.24. The average molecular weight is 693 g/mol. The lowest BCUT2D eigenvalue weighted by Gasteiger charge is -2.24. The van der Waals surface area contributed by atoms with Crippen molar-refractivity contribution in [2.24, 2.45) is 0 Å². The van der Waals surface area contributed by atoms with Crippen LogP contribution in [0.2, 0.25) is 0 Å². The number of imidazole rings is 2. The summed E-state index contributed by atoms with van der Waals surface area (Å²) >= 11 is 7.93. The lowest BCUT2D eigenvalue weighted by atomic mass is 10.1. The smallest absolute Gasteiger partial charge is 0.437 e. The van der Waals surface area contributed by atoms with Crippen LogP contribution in [0.15, 0.2) is 37.3 Å². The molecule has 0 amide bonds. The van der Waals surface area contributed by atoms with Gasteiger partial charge in [-0.25, -0.2) is 47.8 Å². The van der Waals surface area contributed by atoms with Gasteiger partial charge in [-0.2, -0.15) is 0 Å². The van der Waals surface area contributed by atoms with Crippen LogP contribution in [0.1, 0.15) is 12.5 Å². The molecule has 2 saturated heterocycles. The fourth-order valence-electron chi connectivity index (χ4n) is 4.92. The SMILES string of the molecule is Nc1ncnc2c1ncn2[C@@H]1O[C@@H]2CO[P@@](=O)(S)O[C@@H]3[C@H](F)/C(=C\O[P@@](=O)(S)O[C@@H]1[C@@H]2F)O[C@H]3n1cnc2c(N)ncnc21. The van der Waals surface area contributed by atoms with Gasteiger partial charge in [0.1, 0.15) is 48.5 Å². The predicted molar refractivity (Wildman–Crippen MR) is 151 cm³/mol. The standard InChI is InChI=1S/C20H20F2N10O8P2S2/c21-9-7-1-35-41(33,43)39-14-10(22)8(38-20(14)32-6-30-12-16(24)26-4-28-18(12)32)2-36-42(34,44)40-13(9)19(37-7)31-5-29-11-15(23)25-3-27-17(11)31/h1,3-6,8-10,13-14,19-20H,2H2,(H,33,43)(H,34,44)(H2,23,25,27)(H2,24,26,28)/b7-1+/t8-,9-,10-,13-,14-,19-,20-,41-,42-/m1/s1. The summed E-state index contributed by atoms with van der Waals surface area (Å²) in [6.45, 7) is -9.70. The number of aromatic nitrogens is 8. The minimum Gasteiger partial charge on any atom is -0.465 e. The number of anilines is 2. The van der Waals surface area contributed by atoms with Crippen LogP contribution >= 0.6 is 38.1 Å². The molecule has 4 bridgehead atoms. The predicted octanol–water partition coefficient (Wildman–Crippen LogP) is 2.67. The average Bonchev–Trinajstić information content (AvgIpc) is 3.73. The van der Waals surface area contributed by atoms with Gasteiger partial charge in [0.2, 0.25) is 6.23 Å². The highest BCUT2D eigenvalue weighted by atomic mass is 32.7. The molecule has 4 N–H and O–H groups in total. The molecule has 2 fully saturated rings. The van der Waals surface area contributed by atoms with Crippen LogP contribution in [0.5, 0.6) is 0 Å². The van der Waals surface area contributed by atoms with Gasteiger partial charge in [0.05, 0.1) is 12.9 Å². The molecule has 7 heterocycles. The maximum Gasteiger partial charge on any atom is 0.437 e. The van der Waals surface area contributed by atoms with Gasteiger partial charge in [-0.1, -0.05) is 12.2 Å². The fourth-order valence-corrected chi connectivity index (χ4v) is 7.64. The minimum absolute atomic E-state index is 0.0311. The largest absolute Gasteiger partial charge is 0.465 e. The van der Waals surface area contributed by atoms with E-state index in [-0.39, 0.29) is 34.0 Å². The number of alkyl halides is 2. The number of rotatable bonds is 2. The van der Waals surface area contributed by atoms with E-state index >= 15 is 8.78 Å². The second kappa shape index (κ2) is 10.8. The summed E-state index contributed by atoms with van der Waals surface area (Å²) in [7, 11) is 0. The third-order valence-corrected chi connectivity index (χ3v) is 9.96. The van der Waals surface area contributed by atoms with Gasteiger partial charge in [-0.05, 0) is 12.2 Å². The molecule has 24 heteroatoms. The van der Waals surface area contributed by atoms with E-state index in [2.05, 4.69) is 54.4 Å². The number of halogens is 2. The lowest BCUT2D eigenvalue weighted by molar-refractivity contribution is -0.0468. The topological polar surface area (TPSA) is 229 Å². The van der Waals surface area contributed by atoms with Crippen molar-refractivity contribution in [3.8, 4) is 0 Å². The van der Waals surface area contributed by atoms with Crippen molar-refractivity contribution >= 4 is 72.1 Å². The van der Waals surface area contributed by atoms with Crippen molar-refractivity contribution in [2.45, 2.75) is 43.1 Å². The second-order valence-electron chi connectivity index (χ2n) is 9.58. The first-order valence-electron chi connectivity index (χ1n) is 12.4. The molecular formula is C20H20F2N10O8P2S2. The molecule has 0 radical (unpaired) electrons. The molecule has 44 heavy (non-hydrogen) atoms. The molecular weight excluding hydrogens is 672 g/mol. The highest BCUT2D eigenvalue weighted by Crippen LogP contribution is 2.60. The summed E-state index contributed by atoms with van der Waals surface area (Å²) in [6, 6.07) is 0. The van der Waals surface area contributed by atoms with Gasteiger partial charge in [0.25, 0.3) is 0 Å². The number of fused-ring (bicyclic) bond motifs is 6. The Hall–Kier alpha value is -3.10. The Morgan fingerprint density at radius 2 is 1.43 bits per heavy atom. The quantitative estimate of drug-likeness (QED) is 0.175. The van der Waals surface area contributed by atoms with Gasteiger partial charge in [-0.15, -0.1) is 0 Å². The number of ether oxygens (including phenoxy) is 2. The van der Waals surface area contributed by atoms with Gasteiger partial charge >= 0.3 is 13.6 Å². The molecule has 3 aliphatic rings. The van der Waals surface area contributed by atoms with E-state index in [1.807, 2.05) is 0 Å². The molecule has 3 aliphatic heterocycles. The molecule has 0 saturated carbocycles. The molecule has 234 valence electrons. The summed E-state index contributed by atoms with van der Waals surface area (Å²) in [5.74, 6) is -0.506. The van der Waals surface area contributed by atoms with E-state index in [1.165, 1.54) is 21.8 Å². The van der Waals surface area contributed by atoms with Crippen molar-refractivity contribution in [1.82, 2.24) is 39.0 Å². The van der Waals surface area contributed by atoms with Crippen molar-refractivity contribution in [3.63, 3.8) is 0 Å². The molecule has 0 unspecified atom stereocenters. The summed E-state index contributed by atoms with van der Waals surface area (Å²) in [6.07, 6.45) is -6.58. The minimum atomic E-state index is -4.51. The number of hydrogen-bond acceptors (Lipinski definition) is 16. The van der Waals surface area contributed by atoms with E-state index in [0.717, 1.165) is 12.7 Å². The van der Waals surface area contributed by atoms with Crippen LogP contribution < -0.4 is 11.5 Å². The summed E-state index contributed by atoms with van der Waals surface area (Å²) in [5, 5.41) is 0.